The number of anilines is 2. The van der Waals surface area contributed by atoms with Crippen LogP contribution < -0.4 is 15.5 Å². The number of nitrogens with zero attached hydrogens (tertiary/aromatic N) is 4. The van der Waals surface area contributed by atoms with Crippen molar-refractivity contribution < 1.29 is 13.2 Å². The van der Waals surface area contributed by atoms with Gasteiger partial charge in [0, 0.05) is 50.4 Å². The molecule has 39 heavy (non-hydrogen) atoms. The molecule has 2 aromatic rings. The normalized spacial score (nSPS) is 19.4. The Morgan fingerprint density at radius 3 is 2.15 bits per heavy atom. The van der Waals surface area contributed by atoms with E-state index in [1.54, 1.807) is 24.3 Å². The highest BCUT2D eigenvalue weighted by Gasteiger charge is 2.26. The molecule has 2 N–H and O–H groups in total. The molecule has 1 fully saturated rings. The molecular weight excluding hydrogens is 512 g/mol. The van der Waals surface area contributed by atoms with Gasteiger partial charge in [0.15, 0.2) is 0 Å². The highest BCUT2D eigenvalue weighted by Crippen LogP contribution is 2.29. The van der Waals surface area contributed by atoms with Crippen LogP contribution in [-0.2, 0) is 22.9 Å². The molecule has 0 unspecified atom stereocenters. The minimum absolute atomic E-state index is 0.0883. The second-order valence-corrected chi connectivity index (χ2v) is 12.9. The number of carbonyl (C=O) groups excluding carboxylic acids is 1. The van der Waals surface area contributed by atoms with Crippen LogP contribution in [0.4, 0.5) is 11.8 Å². The maximum Gasteiger partial charge on any atom is 0.251 e. The van der Waals surface area contributed by atoms with E-state index in [0.717, 1.165) is 57.2 Å². The van der Waals surface area contributed by atoms with Gasteiger partial charge in [-0.15, -0.1) is 0 Å². The lowest BCUT2D eigenvalue weighted by Gasteiger charge is -2.30. The number of nitrogens with one attached hydrogen (secondary N) is 2. The fourth-order valence-corrected chi connectivity index (χ4v) is 7.24. The van der Waals surface area contributed by atoms with Crippen molar-refractivity contribution >= 4 is 27.7 Å². The van der Waals surface area contributed by atoms with E-state index in [1.165, 1.54) is 28.4 Å². The third-order valence-corrected chi connectivity index (χ3v) is 9.59. The second-order valence-electron chi connectivity index (χ2n) is 11.0. The van der Waals surface area contributed by atoms with Crippen LogP contribution in [0.2, 0.25) is 0 Å². The lowest BCUT2D eigenvalue weighted by atomic mass is 9.91. The summed E-state index contributed by atoms with van der Waals surface area (Å²) in [7, 11) is 0.515. The molecule has 1 amide bonds. The van der Waals surface area contributed by atoms with Crippen molar-refractivity contribution in [3.63, 3.8) is 0 Å². The first-order valence-electron chi connectivity index (χ1n) is 14.5. The topological polar surface area (TPSA) is 108 Å². The van der Waals surface area contributed by atoms with Gasteiger partial charge in [0.1, 0.15) is 5.82 Å². The maximum absolute atomic E-state index is 13.0. The van der Waals surface area contributed by atoms with Crippen molar-refractivity contribution in [3.8, 4) is 0 Å². The molecule has 0 saturated heterocycles. The Bertz CT molecular complexity index is 1220. The molecule has 4 rings (SSSR count). The molecule has 214 valence electrons. The van der Waals surface area contributed by atoms with Crippen molar-refractivity contribution in [2.24, 2.45) is 0 Å². The third-order valence-electron chi connectivity index (χ3n) is 7.68. The summed E-state index contributed by atoms with van der Waals surface area (Å²) in [5, 5.41) is 6.70. The molecule has 10 heteroatoms. The molecule has 2 aliphatic rings. The Balaban J connectivity index is 1.32. The van der Waals surface area contributed by atoms with E-state index in [-0.39, 0.29) is 22.9 Å². The first-order valence-corrected chi connectivity index (χ1v) is 15.9. The van der Waals surface area contributed by atoms with Crippen molar-refractivity contribution in [3.05, 3.63) is 41.1 Å². The summed E-state index contributed by atoms with van der Waals surface area (Å²) in [6.45, 7) is 4.92. The Labute approximate surface area is 233 Å². The summed E-state index contributed by atoms with van der Waals surface area (Å²) < 4.78 is 27.5. The second kappa shape index (κ2) is 13.1. The van der Waals surface area contributed by atoms with Gasteiger partial charge in [-0.05, 0) is 88.5 Å². The van der Waals surface area contributed by atoms with E-state index in [1.807, 2.05) is 27.9 Å². The van der Waals surface area contributed by atoms with E-state index in [4.69, 9.17) is 9.97 Å². The van der Waals surface area contributed by atoms with Gasteiger partial charge < -0.3 is 15.5 Å². The Hall–Kier alpha value is -2.72. The van der Waals surface area contributed by atoms with Crippen LogP contribution in [0.15, 0.2) is 29.2 Å². The van der Waals surface area contributed by atoms with Gasteiger partial charge in [-0.2, -0.15) is 9.29 Å². The van der Waals surface area contributed by atoms with Gasteiger partial charge in [-0.3, -0.25) is 4.79 Å². The summed E-state index contributed by atoms with van der Waals surface area (Å²) in [6.07, 6.45) is 9.51. The van der Waals surface area contributed by atoms with Crippen molar-refractivity contribution in [2.45, 2.75) is 95.0 Å². The zero-order valence-electron chi connectivity index (χ0n) is 23.9. The molecule has 0 bridgehead atoms. The molecule has 0 spiro atoms. The van der Waals surface area contributed by atoms with Crippen molar-refractivity contribution in [1.82, 2.24) is 19.6 Å². The van der Waals surface area contributed by atoms with Gasteiger partial charge in [0.2, 0.25) is 16.0 Å². The average molecular weight is 557 g/mol. The first kappa shape index (κ1) is 29.3. The molecule has 0 radical (unpaired) electrons. The predicted octanol–water partition coefficient (Wildman–Crippen LogP) is 4.39. The fraction of sp³-hybridized carbons (Fsp3) is 0.621. The SMILES string of the molecule is CCCN(CCC)S(=O)(=O)c1ccc(C(=O)N[C@H]2CC[C@@H](Nc3nc4c(c(N(C)C)n3)CCCC4)CC2)cc1. The molecule has 0 aliphatic heterocycles. The van der Waals surface area contributed by atoms with Gasteiger partial charge in [-0.25, -0.2) is 13.4 Å². The van der Waals surface area contributed by atoms with Crippen LogP contribution in [0.3, 0.4) is 0 Å². The number of aryl methyl sites for hydroxylation is 1. The van der Waals surface area contributed by atoms with E-state index in [0.29, 0.717) is 24.6 Å². The van der Waals surface area contributed by atoms with Crippen molar-refractivity contribution in [1.29, 1.82) is 0 Å². The largest absolute Gasteiger partial charge is 0.362 e. The summed E-state index contributed by atoms with van der Waals surface area (Å²) in [6, 6.07) is 6.68. The van der Waals surface area contributed by atoms with Crippen LogP contribution in [-0.4, -0.2) is 67.9 Å². The Kier molecular flexibility index (Phi) is 9.82. The minimum Gasteiger partial charge on any atom is -0.362 e. The molecule has 1 aromatic carbocycles. The minimum atomic E-state index is -3.56. The number of rotatable bonds is 11. The van der Waals surface area contributed by atoms with Crippen molar-refractivity contribution in [2.75, 3.05) is 37.4 Å². The smallest absolute Gasteiger partial charge is 0.251 e. The number of sulfonamides is 1. The third kappa shape index (κ3) is 7.08. The number of hydrogen-bond acceptors (Lipinski definition) is 7. The van der Waals surface area contributed by atoms with Crippen LogP contribution in [0.5, 0.6) is 0 Å². The van der Waals surface area contributed by atoms with E-state index in [2.05, 4.69) is 15.5 Å². The van der Waals surface area contributed by atoms with Crippen LogP contribution in [0.1, 0.15) is 86.8 Å². The standard InChI is InChI=1S/C29H44N6O3S/c1-5-19-35(20-6-2)39(37,38)24-17-11-21(12-18-24)28(36)30-22-13-15-23(16-14-22)31-29-32-26-10-8-7-9-25(26)27(33-29)34(3)4/h11-12,17-18,22-23H,5-10,13-16,19-20H2,1-4H3,(H,30,36)(H,31,32,33)/t22-,23+. The number of fused-ring (bicyclic) bond motifs is 1. The van der Waals surface area contributed by atoms with Gasteiger partial charge in [-0.1, -0.05) is 13.8 Å². The lowest BCUT2D eigenvalue weighted by Crippen LogP contribution is -2.40. The summed E-state index contributed by atoms with van der Waals surface area (Å²) in [5.74, 6) is 1.56. The Morgan fingerprint density at radius 2 is 1.54 bits per heavy atom. The number of benzene rings is 1. The molecule has 1 saturated carbocycles. The number of hydrogen-bond donors (Lipinski definition) is 2. The quantitative estimate of drug-likeness (QED) is 0.423. The predicted molar refractivity (Wildman–Crippen MR) is 156 cm³/mol. The average Bonchev–Trinajstić information content (AvgIpc) is 2.93. The summed E-state index contributed by atoms with van der Waals surface area (Å²) >= 11 is 0. The Morgan fingerprint density at radius 1 is 0.923 bits per heavy atom. The molecule has 2 aliphatic carbocycles. The monoisotopic (exact) mass is 556 g/mol. The van der Waals surface area contributed by atoms with Crippen LogP contribution in [0.25, 0.3) is 0 Å². The maximum atomic E-state index is 13.0. The van der Waals surface area contributed by atoms with E-state index in [9.17, 15) is 13.2 Å². The van der Waals surface area contributed by atoms with Gasteiger partial charge >= 0.3 is 0 Å². The highest BCUT2D eigenvalue weighted by atomic mass is 32.2. The molecule has 1 heterocycles. The lowest BCUT2D eigenvalue weighted by molar-refractivity contribution is 0.0926. The summed E-state index contributed by atoms with van der Waals surface area (Å²) in [4.78, 5) is 24.9. The number of amides is 1. The summed E-state index contributed by atoms with van der Waals surface area (Å²) in [5.41, 5.74) is 2.93. The fourth-order valence-electron chi connectivity index (χ4n) is 5.62. The van der Waals surface area contributed by atoms with Gasteiger partial charge in [0.05, 0.1) is 10.6 Å². The highest BCUT2D eigenvalue weighted by molar-refractivity contribution is 7.89. The zero-order valence-corrected chi connectivity index (χ0v) is 24.7. The number of aromatic nitrogens is 2. The molecule has 9 nitrogen and oxygen atoms in total. The van der Waals surface area contributed by atoms with Crippen LogP contribution >= 0.6 is 0 Å². The van der Waals surface area contributed by atoms with E-state index >= 15 is 0 Å². The molecular formula is C29H44N6O3S. The molecule has 1 aromatic heterocycles. The zero-order chi connectivity index (χ0) is 28.0. The van der Waals surface area contributed by atoms with Crippen LogP contribution in [0, 0.1) is 0 Å². The van der Waals surface area contributed by atoms with E-state index < -0.39 is 10.0 Å². The molecule has 0 atom stereocenters. The first-order chi connectivity index (χ1) is 18.7. The van der Waals surface area contributed by atoms with Gasteiger partial charge in [0.25, 0.3) is 5.91 Å². The number of carbonyl (C=O) groups is 1.